The molecule has 5 nitrogen and oxygen atoms in total. The van der Waals surface area contributed by atoms with E-state index in [-0.39, 0.29) is 5.69 Å². The molecule has 0 radical (unpaired) electrons. The molecule has 3 N–H and O–H groups in total. The summed E-state index contributed by atoms with van der Waals surface area (Å²) in [6.07, 6.45) is 2.85. The van der Waals surface area contributed by atoms with Crippen LogP contribution < -0.4 is 11.1 Å². The molecule has 0 aliphatic carbocycles. The second-order valence-corrected chi connectivity index (χ2v) is 4.35. The first-order valence-electron chi connectivity index (χ1n) is 6.36. The molecule has 0 aliphatic rings. The lowest BCUT2D eigenvalue weighted by atomic mass is 10.2. The summed E-state index contributed by atoms with van der Waals surface area (Å²) in [4.78, 5) is 11.0. The maximum atomic E-state index is 11.0. The number of hydrogen-bond donors (Lipinski definition) is 2. The van der Waals surface area contributed by atoms with Crippen molar-refractivity contribution in [3.63, 3.8) is 0 Å². The Labute approximate surface area is 112 Å². The Morgan fingerprint density at radius 3 is 2.63 bits per heavy atom. The van der Waals surface area contributed by atoms with Crippen LogP contribution in [0.25, 0.3) is 5.69 Å². The molecule has 0 fully saturated rings. The zero-order valence-corrected chi connectivity index (χ0v) is 11.0. The molecule has 0 saturated heterocycles. The summed E-state index contributed by atoms with van der Waals surface area (Å²) < 4.78 is 1.64. The fourth-order valence-corrected chi connectivity index (χ4v) is 1.78. The Hall–Kier alpha value is -2.14. The van der Waals surface area contributed by atoms with Gasteiger partial charge < -0.3 is 11.1 Å². The molecule has 0 aliphatic heterocycles. The summed E-state index contributed by atoms with van der Waals surface area (Å²) in [5.74, 6) is -0.515. The molecule has 1 heterocycles. The molecule has 1 amide bonds. The monoisotopic (exact) mass is 258 g/mol. The number of amides is 1. The maximum Gasteiger partial charge on any atom is 0.269 e. The smallest absolute Gasteiger partial charge is 0.269 e. The van der Waals surface area contributed by atoms with Gasteiger partial charge in [0.05, 0.1) is 5.69 Å². The van der Waals surface area contributed by atoms with Gasteiger partial charge >= 0.3 is 0 Å². The van der Waals surface area contributed by atoms with E-state index < -0.39 is 5.91 Å². The molecule has 2 aromatic rings. The summed E-state index contributed by atoms with van der Waals surface area (Å²) >= 11 is 0. The van der Waals surface area contributed by atoms with E-state index in [1.54, 1.807) is 16.9 Å². The van der Waals surface area contributed by atoms with Gasteiger partial charge in [0.2, 0.25) is 0 Å². The topological polar surface area (TPSA) is 72.9 Å². The Morgan fingerprint density at radius 2 is 2.05 bits per heavy atom. The quantitative estimate of drug-likeness (QED) is 0.771. The average molecular weight is 258 g/mol. The summed E-state index contributed by atoms with van der Waals surface area (Å²) in [6, 6.07) is 9.65. The maximum absolute atomic E-state index is 11.0. The fraction of sp³-hybridized carbons (Fsp3) is 0.286. The number of aromatic nitrogens is 2. The Bertz CT molecular complexity index is 545. The van der Waals surface area contributed by atoms with Gasteiger partial charge in [-0.05, 0) is 36.7 Å². The third-order valence-corrected chi connectivity index (χ3v) is 2.80. The number of benzene rings is 1. The molecular formula is C14H18N4O. The highest BCUT2D eigenvalue weighted by Crippen LogP contribution is 2.09. The van der Waals surface area contributed by atoms with E-state index in [2.05, 4.69) is 17.3 Å². The molecule has 0 unspecified atom stereocenters. The molecule has 0 bridgehead atoms. The van der Waals surface area contributed by atoms with E-state index in [1.165, 1.54) is 5.56 Å². The van der Waals surface area contributed by atoms with Crippen LogP contribution in [0.2, 0.25) is 0 Å². The minimum Gasteiger partial charge on any atom is -0.364 e. The van der Waals surface area contributed by atoms with Crippen molar-refractivity contribution in [1.82, 2.24) is 15.1 Å². The van der Waals surface area contributed by atoms with Gasteiger partial charge in [-0.1, -0.05) is 19.1 Å². The number of nitrogens with two attached hydrogens (primary N) is 1. The second-order valence-electron chi connectivity index (χ2n) is 4.35. The Kier molecular flexibility index (Phi) is 4.30. The molecule has 5 heteroatoms. The van der Waals surface area contributed by atoms with Crippen LogP contribution in [-0.2, 0) is 6.54 Å². The van der Waals surface area contributed by atoms with Crippen molar-refractivity contribution < 1.29 is 4.79 Å². The Balaban J connectivity index is 2.06. The number of primary amides is 1. The van der Waals surface area contributed by atoms with Crippen molar-refractivity contribution in [1.29, 1.82) is 0 Å². The van der Waals surface area contributed by atoms with E-state index in [0.717, 1.165) is 25.2 Å². The highest BCUT2D eigenvalue weighted by molar-refractivity contribution is 5.90. The van der Waals surface area contributed by atoms with E-state index in [9.17, 15) is 4.79 Å². The Morgan fingerprint density at radius 1 is 1.32 bits per heavy atom. The first kappa shape index (κ1) is 13.3. The minimum absolute atomic E-state index is 0.272. The summed E-state index contributed by atoms with van der Waals surface area (Å²) in [7, 11) is 0. The van der Waals surface area contributed by atoms with Crippen LogP contribution in [-0.4, -0.2) is 22.2 Å². The van der Waals surface area contributed by atoms with Crippen molar-refractivity contribution in [2.24, 2.45) is 5.73 Å². The largest absolute Gasteiger partial charge is 0.364 e. The van der Waals surface area contributed by atoms with E-state index in [0.29, 0.717) is 0 Å². The van der Waals surface area contributed by atoms with E-state index in [4.69, 9.17) is 5.73 Å². The zero-order chi connectivity index (χ0) is 13.7. The van der Waals surface area contributed by atoms with Crippen LogP contribution in [0.15, 0.2) is 36.5 Å². The molecule has 0 atom stereocenters. The summed E-state index contributed by atoms with van der Waals surface area (Å²) in [6.45, 7) is 4.02. The van der Waals surface area contributed by atoms with Gasteiger partial charge in [0.1, 0.15) is 5.69 Å². The van der Waals surface area contributed by atoms with Gasteiger partial charge in [0.15, 0.2) is 0 Å². The first-order chi connectivity index (χ1) is 9.20. The predicted molar refractivity (Wildman–Crippen MR) is 74.1 cm³/mol. The predicted octanol–water partition coefficient (Wildman–Crippen LogP) is 1.47. The highest BCUT2D eigenvalue weighted by atomic mass is 16.1. The number of nitrogens with zero attached hydrogens (tertiary/aromatic N) is 2. The summed E-state index contributed by atoms with van der Waals surface area (Å²) in [5, 5.41) is 7.46. The van der Waals surface area contributed by atoms with Crippen LogP contribution in [0.4, 0.5) is 0 Å². The van der Waals surface area contributed by atoms with Crippen LogP contribution in [0, 0.1) is 0 Å². The molecule has 0 spiro atoms. The lowest BCUT2D eigenvalue weighted by Crippen LogP contribution is -2.13. The SMILES string of the molecule is CCCNCc1ccc(-n2ccc(C(N)=O)n2)cc1. The molecule has 19 heavy (non-hydrogen) atoms. The van der Waals surface area contributed by atoms with Crippen LogP contribution in [0.1, 0.15) is 29.4 Å². The van der Waals surface area contributed by atoms with Crippen LogP contribution in [0.5, 0.6) is 0 Å². The fourth-order valence-electron chi connectivity index (χ4n) is 1.78. The molecular weight excluding hydrogens is 240 g/mol. The number of carbonyl (C=O) groups excluding carboxylic acids is 1. The van der Waals surface area contributed by atoms with E-state index in [1.807, 2.05) is 24.3 Å². The third-order valence-electron chi connectivity index (χ3n) is 2.80. The number of hydrogen-bond acceptors (Lipinski definition) is 3. The molecule has 1 aromatic carbocycles. The minimum atomic E-state index is -0.515. The normalized spacial score (nSPS) is 10.6. The molecule has 2 rings (SSSR count). The van der Waals surface area contributed by atoms with Crippen LogP contribution >= 0.6 is 0 Å². The van der Waals surface area contributed by atoms with Gasteiger partial charge in [-0.15, -0.1) is 0 Å². The summed E-state index contributed by atoms with van der Waals surface area (Å²) in [5.41, 5.74) is 7.58. The van der Waals surface area contributed by atoms with Gasteiger partial charge in [-0.3, -0.25) is 4.79 Å². The van der Waals surface area contributed by atoms with E-state index >= 15 is 0 Å². The second kappa shape index (κ2) is 6.15. The molecule has 1 aromatic heterocycles. The van der Waals surface area contributed by atoms with Gasteiger partial charge in [-0.25, -0.2) is 4.68 Å². The van der Waals surface area contributed by atoms with Crippen molar-refractivity contribution in [2.75, 3.05) is 6.54 Å². The lowest BCUT2D eigenvalue weighted by Gasteiger charge is -2.05. The number of nitrogens with one attached hydrogen (secondary N) is 1. The van der Waals surface area contributed by atoms with Gasteiger partial charge in [0, 0.05) is 12.7 Å². The van der Waals surface area contributed by atoms with Crippen molar-refractivity contribution >= 4 is 5.91 Å². The first-order valence-corrected chi connectivity index (χ1v) is 6.36. The van der Waals surface area contributed by atoms with Crippen molar-refractivity contribution in [3.8, 4) is 5.69 Å². The van der Waals surface area contributed by atoms with Gasteiger partial charge in [0.25, 0.3) is 5.91 Å². The lowest BCUT2D eigenvalue weighted by molar-refractivity contribution is 0.0995. The average Bonchev–Trinajstić information content (AvgIpc) is 2.90. The van der Waals surface area contributed by atoms with Gasteiger partial charge in [-0.2, -0.15) is 5.10 Å². The number of carbonyl (C=O) groups is 1. The molecule has 100 valence electrons. The standard InChI is InChI=1S/C14H18N4O/c1-2-8-16-10-11-3-5-12(6-4-11)18-9-7-13(17-18)14(15)19/h3-7,9,16H,2,8,10H2,1H3,(H2,15,19). The van der Waals surface area contributed by atoms with Crippen LogP contribution in [0.3, 0.4) is 0 Å². The molecule has 0 saturated carbocycles. The van der Waals surface area contributed by atoms with Crippen molar-refractivity contribution in [2.45, 2.75) is 19.9 Å². The van der Waals surface area contributed by atoms with Crippen molar-refractivity contribution in [3.05, 3.63) is 47.8 Å². The zero-order valence-electron chi connectivity index (χ0n) is 11.0. The third kappa shape index (κ3) is 3.42. The highest BCUT2D eigenvalue weighted by Gasteiger charge is 2.05. The number of rotatable bonds is 6.